The van der Waals surface area contributed by atoms with Gasteiger partial charge in [-0.2, -0.15) is 0 Å². The molecule has 2 aliphatic heterocycles. The maximum Gasteiger partial charge on any atom is 0.246 e. The quantitative estimate of drug-likeness (QED) is 0.791. The predicted molar refractivity (Wildman–Crippen MR) is 95.2 cm³/mol. The van der Waals surface area contributed by atoms with Crippen molar-refractivity contribution in [2.24, 2.45) is 5.92 Å². The van der Waals surface area contributed by atoms with Gasteiger partial charge in [0, 0.05) is 43.7 Å². The summed E-state index contributed by atoms with van der Waals surface area (Å²) in [5.41, 5.74) is 0.408. The molecule has 0 bridgehead atoms. The molecule has 2 heterocycles. The Kier molecular flexibility index (Phi) is 5.84. The topological polar surface area (TPSA) is 40.6 Å². The minimum absolute atomic E-state index is 0.0395. The van der Waals surface area contributed by atoms with Crippen molar-refractivity contribution < 1.29 is 14.0 Å². The van der Waals surface area contributed by atoms with E-state index >= 15 is 0 Å². The molecule has 25 heavy (non-hydrogen) atoms. The lowest BCUT2D eigenvalue weighted by atomic mass is 9.94. The Bertz CT molecular complexity index is 645. The van der Waals surface area contributed by atoms with Crippen molar-refractivity contribution >= 4 is 17.9 Å². The summed E-state index contributed by atoms with van der Waals surface area (Å²) in [5, 5.41) is 0. The maximum absolute atomic E-state index is 13.6. The zero-order valence-electron chi connectivity index (χ0n) is 14.5. The average molecular weight is 344 g/mol. The van der Waals surface area contributed by atoms with Gasteiger partial charge in [-0.25, -0.2) is 4.39 Å². The van der Waals surface area contributed by atoms with E-state index in [1.165, 1.54) is 24.6 Å². The average Bonchev–Trinajstić information content (AvgIpc) is 2.67. The summed E-state index contributed by atoms with van der Waals surface area (Å²) in [6.07, 6.45) is 7.79. The number of hydrogen-bond donors (Lipinski definition) is 0. The van der Waals surface area contributed by atoms with E-state index in [9.17, 15) is 14.0 Å². The lowest BCUT2D eigenvalue weighted by Gasteiger charge is -2.35. The third-order valence-electron chi connectivity index (χ3n) is 5.13. The summed E-state index contributed by atoms with van der Waals surface area (Å²) in [6, 6.07) is 6.38. The number of piperidine rings is 2. The normalized spacial score (nSPS) is 19.4. The molecule has 0 radical (unpaired) electrons. The number of halogens is 1. The number of nitrogens with zero attached hydrogens (tertiary/aromatic N) is 2. The maximum atomic E-state index is 13.6. The molecular formula is C20H25FN2O2. The highest BCUT2D eigenvalue weighted by atomic mass is 19.1. The molecule has 2 aliphatic rings. The fourth-order valence-electron chi connectivity index (χ4n) is 3.60. The van der Waals surface area contributed by atoms with Gasteiger partial charge in [-0.3, -0.25) is 9.59 Å². The van der Waals surface area contributed by atoms with E-state index in [-0.39, 0.29) is 23.5 Å². The molecule has 2 fully saturated rings. The van der Waals surface area contributed by atoms with Crippen LogP contribution in [0.5, 0.6) is 0 Å². The minimum atomic E-state index is -0.336. The third kappa shape index (κ3) is 4.47. The van der Waals surface area contributed by atoms with Crippen LogP contribution >= 0.6 is 0 Å². The fourth-order valence-corrected chi connectivity index (χ4v) is 3.60. The predicted octanol–water partition coefficient (Wildman–Crippen LogP) is 3.09. The first kappa shape index (κ1) is 17.6. The van der Waals surface area contributed by atoms with Gasteiger partial charge >= 0.3 is 0 Å². The van der Waals surface area contributed by atoms with Gasteiger partial charge in [0.25, 0.3) is 0 Å². The Morgan fingerprint density at radius 3 is 2.32 bits per heavy atom. The molecule has 4 nitrogen and oxygen atoms in total. The first-order valence-corrected chi connectivity index (χ1v) is 9.15. The summed E-state index contributed by atoms with van der Waals surface area (Å²) in [7, 11) is 0. The van der Waals surface area contributed by atoms with E-state index in [1.807, 2.05) is 4.90 Å². The molecule has 2 amide bonds. The van der Waals surface area contributed by atoms with Gasteiger partial charge in [-0.05, 0) is 44.2 Å². The van der Waals surface area contributed by atoms with Crippen molar-refractivity contribution in [1.29, 1.82) is 0 Å². The van der Waals surface area contributed by atoms with Gasteiger partial charge in [0.1, 0.15) is 5.82 Å². The number of rotatable bonds is 3. The number of likely N-dealkylation sites (tertiary alicyclic amines) is 2. The van der Waals surface area contributed by atoms with Crippen LogP contribution in [0.3, 0.4) is 0 Å². The minimum Gasteiger partial charge on any atom is -0.342 e. The van der Waals surface area contributed by atoms with Crippen LogP contribution in [0.1, 0.15) is 37.7 Å². The highest BCUT2D eigenvalue weighted by Crippen LogP contribution is 2.22. The standard InChI is InChI=1S/C20H25FN2O2/c21-18-7-3-2-6-16(18)8-9-19(24)22-14-10-17(11-15-22)20(25)23-12-4-1-5-13-23/h2-3,6-9,17H,1,4-5,10-15H2/b9-8+. The van der Waals surface area contributed by atoms with E-state index in [0.717, 1.165) is 25.9 Å². The van der Waals surface area contributed by atoms with E-state index < -0.39 is 0 Å². The zero-order chi connectivity index (χ0) is 17.6. The summed E-state index contributed by atoms with van der Waals surface area (Å²) in [6.45, 7) is 2.93. The van der Waals surface area contributed by atoms with E-state index in [4.69, 9.17) is 0 Å². The van der Waals surface area contributed by atoms with E-state index in [0.29, 0.717) is 31.5 Å². The summed E-state index contributed by atoms with van der Waals surface area (Å²) in [5.74, 6) is -0.157. The second-order valence-corrected chi connectivity index (χ2v) is 6.84. The Morgan fingerprint density at radius 1 is 0.960 bits per heavy atom. The molecule has 0 atom stereocenters. The van der Waals surface area contributed by atoms with Crippen LogP contribution in [-0.2, 0) is 9.59 Å². The van der Waals surface area contributed by atoms with Gasteiger partial charge in [-0.15, -0.1) is 0 Å². The fraction of sp³-hybridized carbons (Fsp3) is 0.500. The zero-order valence-corrected chi connectivity index (χ0v) is 14.5. The van der Waals surface area contributed by atoms with Gasteiger partial charge in [0.2, 0.25) is 11.8 Å². The molecule has 2 saturated heterocycles. The van der Waals surface area contributed by atoms with Crippen molar-refractivity contribution in [2.75, 3.05) is 26.2 Å². The van der Waals surface area contributed by atoms with Crippen LogP contribution in [0.2, 0.25) is 0 Å². The Balaban J connectivity index is 1.50. The van der Waals surface area contributed by atoms with E-state index in [1.54, 1.807) is 23.1 Å². The summed E-state index contributed by atoms with van der Waals surface area (Å²) >= 11 is 0. The molecule has 1 aromatic carbocycles. The van der Waals surface area contributed by atoms with Crippen molar-refractivity contribution in [3.63, 3.8) is 0 Å². The summed E-state index contributed by atoms with van der Waals surface area (Å²) < 4.78 is 13.6. The van der Waals surface area contributed by atoms with Crippen LogP contribution in [0.25, 0.3) is 6.08 Å². The van der Waals surface area contributed by atoms with Crippen LogP contribution in [-0.4, -0.2) is 47.8 Å². The Morgan fingerprint density at radius 2 is 1.64 bits per heavy atom. The van der Waals surface area contributed by atoms with E-state index in [2.05, 4.69) is 0 Å². The van der Waals surface area contributed by atoms with Gasteiger partial charge in [-0.1, -0.05) is 18.2 Å². The number of amides is 2. The van der Waals surface area contributed by atoms with Gasteiger partial charge in [0.15, 0.2) is 0 Å². The van der Waals surface area contributed by atoms with Crippen LogP contribution in [0, 0.1) is 11.7 Å². The van der Waals surface area contributed by atoms with Crippen LogP contribution < -0.4 is 0 Å². The Hall–Kier alpha value is -2.17. The van der Waals surface area contributed by atoms with Crippen LogP contribution in [0.15, 0.2) is 30.3 Å². The summed E-state index contributed by atoms with van der Waals surface area (Å²) in [4.78, 5) is 28.6. The molecule has 0 spiro atoms. The lowest BCUT2D eigenvalue weighted by molar-refractivity contribution is -0.140. The smallest absolute Gasteiger partial charge is 0.246 e. The molecule has 1 aromatic rings. The first-order chi connectivity index (χ1) is 12.1. The molecule has 0 aromatic heterocycles. The molecular weight excluding hydrogens is 319 g/mol. The largest absolute Gasteiger partial charge is 0.342 e. The number of benzene rings is 1. The Labute approximate surface area is 148 Å². The number of hydrogen-bond acceptors (Lipinski definition) is 2. The second kappa shape index (κ2) is 8.28. The SMILES string of the molecule is O=C(/C=C/c1ccccc1F)N1CCC(C(=O)N2CCCCC2)CC1. The first-order valence-electron chi connectivity index (χ1n) is 9.15. The number of carbonyl (C=O) groups is 2. The van der Waals surface area contributed by atoms with Crippen molar-refractivity contribution in [3.05, 3.63) is 41.7 Å². The lowest BCUT2D eigenvalue weighted by Crippen LogP contribution is -2.45. The molecule has 0 unspecified atom stereocenters. The second-order valence-electron chi connectivity index (χ2n) is 6.84. The van der Waals surface area contributed by atoms with Gasteiger partial charge in [0.05, 0.1) is 0 Å². The molecule has 0 N–H and O–H groups in total. The molecule has 5 heteroatoms. The highest BCUT2D eigenvalue weighted by molar-refractivity contribution is 5.92. The molecule has 0 aliphatic carbocycles. The van der Waals surface area contributed by atoms with Crippen LogP contribution in [0.4, 0.5) is 4.39 Å². The van der Waals surface area contributed by atoms with Crippen molar-refractivity contribution in [3.8, 4) is 0 Å². The highest BCUT2D eigenvalue weighted by Gasteiger charge is 2.30. The molecule has 3 rings (SSSR count). The van der Waals surface area contributed by atoms with Crippen molar-refractivity contribution in [1.82, 2.24) is 9.80 Å². The number of carbonyl (C=O) groups excluding carboxylic acids is 2. The molecule has 0 saturated carbocycles. The van der Waals surface area contributed by atoms with Gasteiger partial charge < -0.3 is 9.80 Å². The third-order valence-corrected chi connectivity index (χ3v) is 5.13. The van der Waals surface area contributed by atoms with Crippen molar-refractivity contribution in [2.45, 2.75) is 32.1 Å². The molecule has 134 valence electrons. The monoisotopic (exact) mass is 344 g/mol.